The Morgan fingerprint density at radius 2 is 1.89 bits per heavy atom. The molecule has 6 nitrogen and oxygen atoms in total. The third-order valence-corrected chi connectivity index (χ3v) is 5.40. The van der Waals surface area contributed by atoms with Crippen molar-refractivity contribution < 1.29 is 23.5 Å². The Labute approximate surface area is 158 Å². The molecule has 136 valence electrons. The van der Waals surface area contributed by atoms with E-state index in [9.17, 15) is 14.4 Å². The summed E-state index contributed by atoms with van der Waals surface area (Å²) in [6.45, 7) is -0.422. The Bertz CT molecular complexity index is 1010. The van der Waals surface area contributed by atoms with Crippen LogP contribution in [0.25, 0.3) is 11.0 Å². The van der Waals surface area contributed by atoms with E-state index in [-0.39, 0.29) is 18.1 Å². The van der Waals surface area contributed by atoms with Gasteiger partial charge >= 0.3 is 5.97 Å². The molecule has 1 N–H and O–H groups in total. The van der Waals surface area contributed by atoms with Gasteiger partial charge in [0.1, 0.15) is 5.58 Å². The van der Waals surface area contributed by atoms with Crippen molar-refractivity contribution in [2.45, 2.75) is 16.6 Å². The summed E-state index contributed by atoms with van der Waals surface area (Å²) in [7, 11) is 0. The Morgan fingerprint density at radius 3 is 2.74 bits per heavy atom. The molecule has 3 aromatic rings. The van der Waals surface area contributed by atoms with Gasteiger partial charge in [0.25, 0.3) is 0 Å². The minimum absolute atomic E-state index is 0.113. The molecule has 0 spiro atoms. The topological polar surface area (TPSA) is 85.6 Å². The van der Waals surface area contributed by atoms with E-state index in [1.54, 1.807) is 18.2 Å². The number of furan rings is 1. The molecule has 1 aliphatic heterocycles. The van der Waals surface area contributed by atoms with Gasteiger partial charge in [-0.05, 0) is 24.3 Å². The minimum Gasteiger partial charge on any atom is -0.457 e. The van der Waals surface area contributed by atoms with E-state index >= 15 is 0 Å². The summed E-state index contributed by atoms with van der Waals surface area (Å²) in [5.41, 5.74) is 1.33. The second kappa shape index (κ2) is 7.28. The Morgan fingerprint density at radius 1 is 1.11 bits per heavy atom. The smallest absolute Gasteiger partial charge is 0.307 e. The summed E-state index contributed by atoms with van der Waals surface area (Å²) in [6, 6.07) is 16.2. The SMILES string of the molecule is O=C(C[C@@H]1Sc2ccccc2NC1=O)OCC(=O)c1cc2ccccc2o1. The van der Waals surface area contributed by atoms with Gasteiger partial charge < -0.3 is 14.5 Å². The lowest BCUT2D eigenvalue weighted by Crippen LogP contribution is -2.31. The highest BCUT2D eigenvalue weighted by Gasteiger charge is 2.29. The molecule has 2 heterocycles. The number of esters is 1. The average molecular weight is 381 g/mol. The first-order valence-electron chi connectivity index (χ1n) is 8.34. The summed E-state index contributed by atoms with van der Waals surface area (Å²) in [5, 5.41) is 2.99. The van der Waals surface area contributed by atoms with Gasteiger partial charge in [-0.2, -0.15) is 0 Å². The van der Waals surface area contributed by atoms with Crippen LogP contribution in [0.15, 0.2) is 63.9 Å². The lowest BCUT2D eigenvalue weighted by atomic mass is 10.2. The predicted molar refractivity (Wildman–Crippen MR) is 101 cm³/mol. The lowest BCUT2D eigenvalue weighted by molar-refractivity contribution is -0.143. The number of fused-ring (bicyclic) bond motifs is 2. The van der Waals surface area contributed by atoms with Gasteiger partial charge in [-0.1, -0.05) is 30.3 Å². The molecule has 1 amide bonds. The van der Waals surface area contributed by atoms with Gasteiger partial charge in [0.15, 0.2) is 12.4 Å². The number of Topliss-reactive ketones (excluding diaryl/α,β-unsaturated/α-hetero) is 1. The number of rotatable bonds is 5. The molecule has 0 saturated heterocycles. The molecule has 1 aromatic heterocycles. The number of hydrogen-bond acceptors (Lipinski definition) is 6. The number of hydrogen-bond donors (Lipinski definition) is 1. The molecule has 2 aromatic carbocycles. The third kappa shape index (κ3) is 3.73. The highest BCUT2D eigenvalue weighted by atomic mass is 32.2. The summed E-state index contributed by atoms with van der Waals surface area (Å²) in [4.78, 5) is 37.3. The number of carbonyl (C=O) groups is 3. The van der Waals surface area contributed by atoms with Crippen LogP contribution in [0.2, 0.25) is 0 Å². The Hall–Kier alpha value is -3.06. The Balaban J connectivity index is 1.34. The first-order valence-corrected chi connectivity index (χ1v) is 9.22. The van der Waals surface area contributed by atoms with Crippen LogP contribution in [-0.2, 0) is 14.3 Å². The van der Waals surface area contributed by atoms with Crippen molar-refractivity contribution in [1.29, 1.82) is 0 Å². The summed E-state index contributed by atoms with van der Waals surface area (Å²) >= 11 is 1.31. The minimum atomic E-state index is -0.605. The maximum atomic E-state index is 12.2. The second-order valence-corrected chi connectivity index (χ2v) is 7.27. The fourth-order valence-electron chi connectivity index (χ4n) is 2.77. The van der Waals surface area contributed by atoms with Gasteiger partial charge in [-0.15, -0.1) is 11.8 Å². The maximum Gasteiger partial charge on any atom is 0.307 e. The number of thioether (sulfide) groups is 1. The number of carbonyl (C=O) groups excluding carboxylic acids is 3. The van der Waals surface area contributed by atoms with E-state index in [0.29, 0.717) is 5.58 Å². The second-order valence-electron chi connectivity index (χ2n) is 6.03. The normalized spacial score (nSPS) is 15.9. The Kier molecular flexibility index (Phi) is 4.68. The zero-order valence-electron chi connectivity index (χ0n) is 14.1. The maximum absolute atomic E-state index is 12.2. The molecule has 0 unspecified atom stereocenters. The van der Waals surface area contributed by atoms with Crippen LogP contribution < -0.4 is 5.32 Å². The predicted octanol–water partition coefficient (Wildman–Crippen LogP) is 3.66. The molecule has 0 saturated carbocycles. The van der Waals surface area contributed by atoms with Crippen molar-refractivity contribution in [2.24, 2.45) is 0 Å². The van der Waals surface area contributed by atoms with Gasteiger partial charge in [0, 0.05) is 10.3 Å². The van der Waals surface area contributed by atoms with E-state index in [4.69, 9.17) is 9.15 Å². The van der Waals surface area contributed by atoms with Crippen LogP contribution in [0.4, 0.5) is 5.69 Å². The number of anilines is 1. The van der Waals surface area contributed by atoms with Gasteiger partial charge in [-0.3, -0.25) is 14.4 Å². The van der Waals surface area contributed by atoms with Crippen LogP contribution in [0, 0.1) is 0 Å². The molecule has 7 heteroatoms. The molecular formula is C20H15NO5S. The van der Waals surface area contributed by atoms with Crippen molar-refractivity contribution in [2.75, 3.05) is 11.9 Å². The number of nitrogens with one attached hydrogen (secondary N) is 1. The van der Waals surface area contributed by atoms with E-state index in [1.807, 2.05) is 36.4 Å². The van der Waals surface area contributed by atoms with Gasteiger partial charge in [0.2, 0.25) is 11.7 Å². The van der Waals surface area contributed by atoms with Gasteiger partial charge in [0.05, 0.1) is 17.4 Å². The van der Waals surface area contributed by atoms with Crippen LogP contribution >= 0.6 is 11.8 Å². The fourth-order valence-corrected chi connectivity index (χ4v) is 3.87. The summed E-state index contributed by atoms with van der Waals surface area (Å²) in [6.07, 6.45) is -0.113. The van der Waals surface area contributed by atoms with Crippen LogP contribution in [0.3, 0.4) is 0 Å². The standard InChI is InChI=1S/C20H15NO5S/c22-14(16-9-12-5-1-3-7-15(12)26-16)11-25-19(23)10-18-20(24)21-13-6-2-4-8-17(13)27-18/h1-9,18H,10-11H2,(H,21,24)/t18-/m0/s1. The third-order valence-electron chi connectivity index (χ3n) is 4.12. The number of amides is 1. The molecule has 4 rings (SSSR count). The highest BCUT2D eigenvalue weighted by Crippen LogP contribution is 2.36. The van der Waals surface area contributed by atoms with Crippen molar-refractivity contribution in [1.82, 2.24) is 0 Å². The van der Waals surface area contributed by atoms with Crippen molar-refractivity contribution >= 4 is 46.1 Å². The van der Waals surface area contributed by atoms with Gasteiger partial charge in [-0.25, -0.2) is 0 Å². The van der Waals surface area contributed by atoms with Crippen LogP contribution in [0.1, 0.15) is 17.0 Å². The van der Waals surface area contributed by atoms with E-state index < -0.39 is 23.6 Å². The molecule has 0 bridgehead atoms. The molecule has 0 aliphatic carbocycles. The molecular weight excluding hydrogens is 366 g/mol. The average Bonchev–Trinajstić information content (AvgIpc) is 3.11. The van der Waals surface area contributed by atoms with Crippen molar-refractivity contribution in [3.63, 3.8) is 0 Å². The van der Waals surface area contributed by atoms with E-state index in [1.165, 1.54) is 11.8 Å². The van der Waals surface area contributed by atoms with Crippen molar-refractivity contribution in [3.8, 4) is 0 Å². The first-order chi connectivity index (χ1) is 13.1. The summed E-state index contributed by atoms with van der Waals surface area (Å²) < 4.78 is 10.5. The molecule has 0 fully saturated rings. The highest BCUT2D eigenvalue weighted by molar-refractivity contribution is 8.01. The summed E-state index contributed by atoms with van der Waals surface area (Å²) in [5.74, 6) is -1.14. The van der Waals surface area contributed by atoms with Crippen LogP contribution in [-0.4, -0.2) is 29.5 Å². The molecule has 1 atom stereocenters. The molecule has 1 aliphatic rings. The van der Waals surface area contributed by atoms with Crippen LogP contribution in [0.5, 0.6) is 0 Å². The number of para-hydroxylation sites is 2. The number of ether oxygens (including phenoxy) is 1. The zero-order valence-corrected chi connectivity index (χ0v) is 15.0. The van der Waals surface area contributed by atoms with E-state index in [2.05, 4.69) is 5.32 Å². The number of benzene rings is 2. The van der Waals surface area contributed by atoms with Crippen molar-refractivity contribution in [3.05, 3.63) is 60.4 Å². The largest absolute Gasteiger partial charge is 0.457 e. The number of ketones is 1. The molecule has 27 heavy (non-hydrogen) atoms. The van der Waals surface area contributed by atoms with E-state index in [0.717, 1.165) is 16.0 Å². The first kappa shape index (κ1) is 17.4. The fraction of sp³-hybridized carbons (Fsp3) is 0.150. The molecule has 0 radical (unpaired) electrons. The monoisotopic (exact) mass is 381 g/mol. The zero-order chi connectivity index (χ0) is 18.8. The quantitative estimate of drug-likeness (QED) is 0.536. The lowest BCUT2D eigenvalue weighted by Gasteiger charge is -2.23.